The SMILES string of the molecule is CC(=O)N1CCC(Nc2cc(C(=O)NCC(O)CN3CCc4c(ccc(OCc5cnn(COCC[Si](C)(C)C)c5)c4Cl)C3)ncn2)CC1. The summed E-state index contributed by atoms with van der Waals surface area (Å²) in [4.78, 5) is 36.8. The largest absolute Gasteiger partial charge is 0.487 e. The molecule has 266 valence electrons. The first-order valence-electron chi connectivity index (χ1n) is 17.0. The van der Waals surface area contributed by atoms with E-state index in [4.69, 9.17) is 21.1 Å². The molecule has 3 aromatic rings. The fourth-order valence-electron chi connectivity index (χ4n) is 5.94. The molecule has 0 saturated carbocycles. The number of nitrogens with zero attached hydrogens (tertiary/aromatic N) is 6. The van der Waals surface area contributed by atoms with Crippen molar-refractivity contribution in [1.82, 2.24) is 34.9 Å². The van der Waals surface area contributed by atoms with Gasteiger partial charge in [-0.05, 0) is 42.5 Å². The number of halogens is 1. The Hall–Kier alpha value is -3.56. The minimum absolute atomic E-state index is 0.0850. The van der Waals surface area contributed by atoms with Crippen molar-refractivity contribution in [3.05, 3.63) is 64.3 Å². The molecule has 15 heteroatoms. The van der Waals surface area contributed by atoms with Crippen molar-refractivity contribution in [1.29, 1.82) is 0 Å². The summed E-state index contributed by atoms with van der Waals surface area (Å²) < 4.78 is 13.6. The van der Waals surface area contributed by atoms with Crippen LogP contribution in [0.2, 0.25) is 30.7 Å². The number of β-amino-alcohol motifs (C(OH)–C–C–N with tert-alkyl or cyclic N) is 1. The highest BCUT2D eigenvalue weighted by Crippen LogP contribution is 2.34. The van der Waals surface area contributed by atoms with E-state index in [0.29, 0.717) is 56.1 Å². The van der Waals surface area contributed by atoms with Gasteiger partial charge >= 0.3 is 0 Å². The van der Waals surface area contributed by atoms with Gasteiger partial charge in [-0.1, -0.05) is 37.3 Å². The quantitative estimate of drug-likeness (QED) is 0.157. The van der Waals surface area contributed by atoms with Crippen molar-refractivity contribution in [2.24, 2.45) is 0 Å². The number of aliphatic hydroxyl groups is 1. The van der Waals surface area contributed by atoms with Gasteiger partial charge in [0.05, 0.1) is 17.3 Å². The molecule has 1 saturated heterocycles. The van der Waals surface area contributed by atoms with E-state index in [0.717, 1.165) is 55.1 Å². The molecule has 13 nitrogen and oxygen atoms in total. The number of aliphatic hydroxyl groups excluding tert-OH is 1. The Labute approximate surface area is 294 Å². The van der Waals surface area contributed by atoms with Gasteiger partial charge in [0, 0.05) is 84.7 Å². The normalized spacial score (nSPS) is 16.2. The maximum absolute atomic E-state index is 12.8. The van der Waals surface area contributed by atoms with Crippen molar-refractivity contribution in [3.8, 4) is 5.75 Å². The van der Waals surface area contributed by atoms with Gasteiger partial charge in [0.15, 0.2) is 0 Å². The lowest BCUT2D eigenvalue weighted by atomic mass is 9.99. The third-order valence-corrected chi connectivity index (χ3v) is 11.0. The number of hydrogen-bond donors (Lipinski definition) is 3. The maximum atomic E-state index is 12.8. The maximum Gasteiger partial charge on any atom is 0.270 e. The number of benzene rings is 1. The van der Waals surface area contributed by atoms with Crippen molar-refractivity contribution in [2.45, 2.75) is 83.9 Å². The van der Waals surface area contributed by atoms with Crippen LogP contribution in [-0.2, 0) is 35.8 Å². The van der Waals surface area contributed by atoms with Crippen LogP contribution in [0.1, 0.15) is 46.9 Å². The summed E-state index contributed by atoms with van der Waals surface area (Å²) in [7, 11) is -1.12. The summed E-state index contributed by atoms with van der Waals surface area (Å²) >= 11 is 6.79. The summed E-state index contributed by atoms with van der Waals surface area (Å²) in [6, 6.07) is 6.82. The smallest absolute Gasteiger partial charge is 0.270 e. The molecule has 4 heterocycles. The standard InChI is InChI=1S/C34H49ClN8O5Si/c1-24(44)42-11-7-27(8-12-42)40-32-15-30(37-22-38-32)34(46)36-17-28(45)20-41-10-9-29-26(19-41)5-6-31(33(29)35)48-21-25-16-39-43(18-25)23-47-13-14-49(2,3)4/h5-6,15-16,18,22,27-28,45H,7-14,17,19-21,23H2,1-4H3,(H,36,46)(H,37,38,40). The molecule has 0 bridgehead atoms. The van der Waals surface area contributed by atoms with E-state index < -0.39 is 14.2 Å². The van der Waals surface area contributed by atoms with Crippen LogP contribution in [0.3, 0.4) is 0 Å². The number of amides is 2. The van der Waals surface area contributed by atoms with E-state index in [1.54, 1.807) is 23.9 Å². The zero-order chi connectivity index (χ0) is 35.0. The zero-order valence-corrected chi connectivity index (χ0v) is 30.7. The molecule has 0 aliphatic carbocycles. The first-order valence-corrected chi connectivity index (χ1v) is 21.1. The third kappa shape index (κ3) is 11.0. The molecule has 1 unspecified atom stereocenters. The Morgan fingerprint density at radius 1 is 1.16 bits per heavy atom. The minimum Gasteiger partial charge on any atom is -0.487 e. The van der Waals surface area contributed by atoms with Gasteiger partial charge < -0.3 is 30.1 Å². The van der Waals surface area contributed by atoms with Gasteiger partial charge in [-0.3, -0.25) is 14.5 Å². The first-order chi connectivity index (χ1) is 23.4. The number of aromatic nitrogens is 4. The summed E-state index contributed by atoms with van der Waals surface area (Å²) in [6.07, 6.45) is 6.64. The molecule has 2 aliphatic heterocycles. The van der Waals surface area contributed by atoms with Gasteiger partial charge in [-0.25, -0.2) is 14.6 Å². The summed E-state index contributed by atoms with van der Waals surface area (Å²) in [5.74, 6) is 0.905. The molecule has 1 aromatic carbocycles. The predicted molar refractivity (Wildman–Crippen MR) is 190 cm³/mol. The van der Waals surface area contributed by atoms with Gasteiger partial charge in [0.25, 0.3) is 5.91 Å². The lowest BCUT2D eigenvalue weighted by Crippen LogP contribution is -2.42. The molecule has 5 rings (SSSR count). The number of hydrogen-bond acceptors (Lipinski definition) is 10. The van der Waals surface area contributed by atoms with Crippen LogP contribution in [0.15, 0.2) is 36.9 Å². The summed E-state index contributed by atoms with van der Waals surface area (Å²) in [5.41, 5.74) is 3.31. The molecule has 2 aliphatic rings. The Bertz CT molecular complexity index is 1580. The predicted octanol–water partition coefficient (Wildman–Crippen LogP) is 3.79. The van der Waals surface area contributed by atoms with Crippen LogP contribution >= 0.6 is 11.6 Å². The molecule has 2 aromatic heterocycles. The average molecular weight is 713 g/mol. The number of piperidine rings is 1. The van der Waals surface area contributed by atoms with Crippen LogP contribution in [-0.4, -0.2) is 106 Å². The van der Waals surface area contributed by atoms with Gasteiger partial charge in [0.2, 0.25) is 5.91 Å². The lowest BCUT2D eigenvalue weighted by molar-refractivity contribution is -0.129. The van der Waals surface area contributed by atoms with E-state index in [9.17, 15) is 14.7 Å². The molecule has 2 amide bonds. The number of carbonyl (C=O) groups excluding carboxylic acids is 2. The van der Waals surface area contributed by atoms with Crippen molar-refractivity contribution in [2.75, 3.05) is 44.6 Å². The van der Waals surface area contributed by atoms with Crippen LogP contribution in [0.25, 0.3) is 0 Å². The van der Waals surface area contributed by atoms with E-state index in [1.165, 1.54) is 6.33 Å². The molecule has 3 N–H and O–H groups in total. The average Bonchev–Trinajstić information content (AvgIpc) is 3.53. The fraction of sp³-hybridized carbons (Fsp3) is 0.559. The summed E-state index contributed by atoms with van der Waals surface area (Å²) in [6.45, 7) is 13.3. The number of fused-ring (bicyclic) bond motifs is 1. The number of carbonyl (C=O) groups is 2. The number of rotatable bonds is 15. The molecule has 1 atom stereocenters. The second-order valence-electron chi connectivity index (χ2n) is 14.1. The molecular weight excluding hydrogens is 664 g/mol. The molecule has 49 heavy (non-hydrogen) atoms. The molecule has 0 spiro atoms. The Kier molecular flexibility index (Phi) is 12.7. The number of likely N-dealkylation sites (tertiary alicyclic amines) is 1. The highest BCUT2D eigenvalue weighted by molar-refractivity contribution is 6.76. The summed E-state index contributed by atoms with van der Waals surface area (Å²) in [5, 5.41) is 21.9. The second-order valence-corrected chi connectivity index (χ2v) is 20.1. The zero-order valence-electron chi connectivity index (χ0n) is 29.0. The Morgan fingerprint density at radius 3 is 2.71 bits per heavy atom. The number of anilines is 1. The van der Waals surface area contributed by atoms with Crippen molar-refractivity contribution < 1.29 is 24.2 Å². The monoisotopic (exact) mass is 712 g/mol. The van der Waals surface area contributed by atoms with E-state index >= 15 is 0 Å². The van der Waals surface area contributed by atoms with Gasteiger partial charge in [0.1, 0.15) is 36.9 Å². The van der Waals surface area contributed by atoms with Crippen LogP contribution in [0.5, 0.6) is 5.75 Å². The minimum atomic E-state index is -1.12. The highest BCUT2D eigenvalue weighted by Gasteiger charge is 2.24. The fourth-order valence-corrected chi connectivity index (χ4v) is 7.03. The van der Waals surface area contributed by atoms with Crippen molar-refractivity contribution >= 4 is 37.3 Å². The molecule has 0 radical (unpaired) electrons. The third-order valence-electron chi connectivity index (χ3n) is 8.84. The van der Waals surface area contributed by atoms with E-state index in [2.05, 4.69) is 50.2 Å². The first kappa shape index (κ1) is 36.7. The van der Waals surface area contributed by atoms with Crippen molar-refractivity contribution in [3.63, 3.8) is 0 Å². The lowest BCUT2D eigenvalue weighted by Gasteiger charge is -2.32. The second kappa shape index (κ2) is 16.9. The number of ether oxygens (including phenoxy) is 2. The number of nitrogens with one attached hydrogen (secondary N) is 2. The van der Waals surface area contributed by atoms with Gasteiger partial charge in [-0.15, -0.1) is 0 Å². The van der Waals surface area contributed by atoms with Crippen LogP contribution < -0.4 is 15.4 Å². The van der Waals surface area contributed by atoms with E-state index in [-0.39, 0.29) is 30.1 Å². The van der Waals surface area contributed by atoms with E-state index in [1.807, 2.05) is 23.2 Å². The van der Waals surface area contributed by atoms with Crippen LogP contribution in [0, 0.1) is 0 Å². The Morgan fingerprint density at radius 2 is 1.96 bits per heavy atom. The topological polar surface area (TPSA) is 147 Å². The molecule has 1 fully saturated rings. The highest BCUT2D eigenvalue weighted by atomic mass is 35.5. The van der Waals surface area contributed by atoms with Gasteiger partial charge in [-0.2, -0.15) is 5.10 Å². The molecular formula is C34H49ClN8O5Si. The van der Waals surface area contributed by atoms with Crippen LogP contribution in [0.4, 0.5) is 5.82 Å². The Balaban J connectivity index is 1.04.